The number of carboxylic acids is 1. The van der Waals surface area contributed by atoms with Gasteiger partial charge in [0, 0.05) is 43.0 Å². The van der Waals surface area contributed by atoms with Crippen molar-refractivity contribution >= 4 is 46.7 Å². The lowest BCUT2D eigenvalue weighted by Gasteiger charge is -2.39. The molecule has 2 aromatic rings. The van der Waals surface area contributed by atoms with Crippen LogP contribution in [0.4, 0.5) is 5.69 Å². The number of aliphatic carboxylic acids is 1. The molecule has 1 aromatic carbocycles. The van der Waals surface area contributed by atoms with E-state index in [4.69, 9.17) is 10.5 Å². The number of nitrogens with two attached hydrogens (primary N) is 1. The second kappa shape index (κ2) is 20.0. The van der Waals surface area contributed by atoms with Crippen molar-refractivity contribution < 1.29 is 33.8 Å². The first-order valence-corrected chi connectivity index (χ1v) is 20.0. The third-order valence-corrected chi connectivity index (χ3v) is 11.1. The molecule has 300 valence electrons. The third kappa shape index (κ3) is 12.5. The van der Waals surface area contributed by atoms with E-state index in [-0.39, 0.29) is 54.3 Å². The van der Waals surface area contributed by atoms with Gasteiger partial charge in [-0.2, -0.15) is 0 Å². The number of esters is 1. The molecule has 0 radical (unpaired) electrons. The Bertz CT molecular complexity index is 1580. The molecule has 1 aliphatic rings. The van der Waals surface area contributed by atoms with E-state index in [0.29, 0.717) is 30.1 Å². The summed E-state index contributed by atoms with van der Waals surface area (Å²) in [6, 6.07) is 5.26. The lowest BCUT2D eigenvalue weighted by Crippen LogP contribution is -2.58. The summed E-state index contributed by atoms with van der Waals surface area (Å²) in [6.07, 6.45) is 3.34. The second-order valence-electron chi connectivity index (χ2n) is 16.0. The second-order valence-corrected chi connectivity index (χ2v) is 16.9. The number of carbonyl (C=O) groups excluding carboxylic acids is 4. The van der Waals surface area contributed by atoms with E-state index < -0.39 is 41.4 Å². The lowest BCUT2D eigenvalue weighted by atomic mass is 9.84. The van der Waals surface area contributed by atoms with Crippen LogP contribution < -0.4 is 16.4 Å². The van der Waals surface area contributed by atoms with Crippen LogP contribution in [0.1, 0.15) is 121 Å². The van der Waals surface area contributed by atoms with Crippen LogP contribution in [0.2, 0.25) is 0 Å². The molecule has 5 atom stereocenters. The van der Waals surface area contributed by atoms with E-state index >= 15 is 0 Å². The zero-order valence-electron chi connectivity index (χ0n) is 33.5. The smallest absolute Gasteiger partial charge is 0.309 e. The maximum atomic E-state index is 14.4. The monoisotopic (exact) mass is 770 g/mol. The van der Waals surface area contributed by atoms with Crippen molar-refractivity contribution in [2.24, 2.45) is 17.3 Å². The number of carboxylic acid groups (broad SMARTS) is 1. The van der Waals surface area contributed by atoms with Gasteiger partial charge in [0.15, 0.2) is 6.10 Å². The number of rotatable bonds is 19. The van der Waals surface area contributed by atoms with Crippen LogP contribution in [0.3, 0.4) is 0 Å². The number of thiazole rings is 1. The van der Waals surface area contributed by atoms with Crippen molar-refractivity contribution in [1.29, 1.82) is 0 Å². The number of hydrogen-bond donors (Lipinski definition) is 4. The number of piperidine rings is 1. The topological polar surface area (TPSA) is 184 Å². The summed E-state index contributed by atoms with van der Waals surface area (Å²) in [4.78, 5) is 74.5. The first-order chi connectivity index (χ1) is 25.3. The zero-order chi connectivity index (χ0) is 40.3. The van der Waals surface area contributed by atoms with E-state index in [1.807, 2.05) is 63.6 Å². The van der Waals surface area contributed by atoms with Gasteiger partial charge in [-0.25, -0.2) is 4.98 Å². The molecular formula is C40H62N6O7S. The van der Waals surface area contributed by atoms with Crippen molar-refractivity contribution in [3.8, 4) is 0 Å². The summed E-state index contributed by atoms with van der Waals surface area (Å²) in [5.41, 5.74) is 6.33. The number of likely N-dealkylation sites (N-methyl/N-ethyl adjacent to an activating group) is 1. The van der Waals surface area contributed by atoms with Crippen LogP contribution in [-0.4, -0.2) is 93.9 Å². The van der Waals surface area contributed by atoms with Gasteiger partial charge in [0.05, 0.1) is 11.5 Å². The number of anilines is 1. The van der Waals surface area contributed by atoms with Crippen LogP contribution in [0.5, 0.6) is 0 Å². The summed E-state index contributed by atoms with van der Waals surface area (Å²) >= 11 is 1.18. The number of hydrogen-bond acceptors (Lipinski definition) is 10. The quantitative estimate of drug-likeness (QED) is 0.106. The first kappa shape index (κ1) is 44.4. The normalized spacial score (nSPS) is 17.4. The molecule has 0 saturated carbocycles. The van der Waals surface area contributed by atoms with Crippen LogP contribution in [-0.2, 0) is 30.3 Å². The first-order valence-electron chi connectivity index (χ1n) is 19.2. The highest BCUT2D eigenvalue weighted by molar-refractivity contribution is 7.09. The molecule has 3 amide bonds. The molecule has 2 heterocycles. The molecular weight excluding hydrogens is 709 g/mol. The number of ether oxygens (including phenoxy) is 1. The molecule has 1 fully saturated rings. The van der Waals surface area contributed by atoms with Crippen molar-refractivity contribution in [3.63, 3.8) is 0 Å². The SMILES string of the molecule is CCCN(C(=O)[C@@H](NC(=O)[C@H]1CCCCN1C)C(C)C)[C@H](C[C@@H](OC(C)=O)c1nc(C(=O)N[C@@H](Cc2ccc(N)cc2)CC(C)(C)C(=O)O)cs1)C(C)C. The van der Waals surface area contributed by atoms with Crippen molar-refractivity contribution in [1.82, 2.24) is 25.4 Å². The fourth-order valence-corrected chi connectivity index (χ4v) is 7.86. The van der Waals surface area contributed by atoms with E-state index in [1.165, 1.54) is 18.3 Å². The highest BCUT2D eigenvalue weighted by Gasteiger charge is 2.38. The van der Waals surface area contributed by atoms with Crippen molar-refractivity contribution in [2.45, 2.75) is 131 Å². The van der Waals surface area contributed by atoms with Crippen molar-refractivity contribution in [2.75, 3.05) is 25.9 Å². The van der Waals surface area contributed by atoms with Gasteiger partial charge in [-0.05, 0) is 89.1 Å². The van der Waals surface area contributed by atoms with E-state index in [1.54, 1.807) is 31.4 Å². The molecule has 13 nitrogen and oxygen atoms in total. The number of amides is 3. The molecule has 1 aliphatic heterocycles. The largest absolute Gasteiger partial charge is 0.481 e. The summed E-state index contributed by atoms with van der Waals surface area (Å²) in [6.45, 7) is 15.7. The summed E-state index contributed by atoms with van der Waals surface area (Å²) in [7, 11) is 1.94. The Kier molecular flexibility index (Phi) is 16.5. The average Bonchev–Trinajstić information content (AvgIpc) is 3.59. The van der Waals surface area contributed by atoms with E-state index in [9.17, 15) is 29.1 Å². The molecule has 0 spiro atoms. The summed E-state index contributed by atoms with van der Waals surface area (Å²) in [5, 5.41) is 17.9. The molecule has 0 unspecified atom stereocenters. The number of benzene rings is 1. The Balaban J connectivity index is 1.87. The molecule has 14 heteroatoms. The maximum Gasteiger partial charge on any atom is 0.309 e. The van der Waals surface area contributed by atoms with Gasteiger partial charge in [0.2, 0.25) is 11.8 Å². The minimum Gasteiger partial charge on any atom is -0.481 e. The number of carbonyl (C=O) groups is 5. The molecule has 54 heavy (non-hydrogen) atoms. The van der Waals surface area contributed by atoms with Gasteiger partial charge >= 0.3 is 11.9 Å². The Morgan fingerprint density at radius 2 is 1.74 bits per heavy atom. The van der Waals surface area contributed by atoms with Gasteiger partial charge in [-0.3, -0.25) is 28.9 Å². The van der Waals surface area contributed by atoms with Crippen LogP contribution in [0.25, 0.3) is 0 Å². The number of nitrogens with one attached hydrogen (secondary N) is 2. The highest BCUT2D eigenvalue weighted by Crippen LogP contribution is 2.32. The minimum absolute atomic E-state index is 0.0547. The molecule has 0 aliphatic carbocycles. The van der Waals surface area contributed by atoms with Gasteiger partial charge < -0.3 is 31.1 Å². The molecule has 0 bridgehead atoms. The van der Waals surface area contributed by atoms with Gasteiger partial charge in [-0.1, -0.05) is 53.2 Å². The predicted molar refractivity (Wildman–Crippen MR) is 211 cm³/mol. The lowest BCUT2D eigenvalue weighted by molar-refractivity contribution is -0.150. The van der Waals surface area contributed by atoms with Crippen LogP contribution in [0.15, 0.2) is 29.6 Å². The number of nitrogens with zero attached hydrogens (tertiary/aromatic N) is 3. The highest BCUT2D eigenvalue weighted by atomic mass is 32.1. The summed E-state index contributed by atoms with van der Waals surface area (Å²) < 4.78 is 5.83. The van der Waals surface area contributed by atoms with E-state index in [0.717, 1.165) is 31.4 Å². The Morgan fingerprint density at radius 1 is 1.07 bits per heavy atom. The fraction of sp³-hybridized carbons (Fsp3) is 0.650. The van der Waals surface area contributed by atoms with Crippen molar-refractivity contribution in [3.05, 3.63) is 45.9 Å². The fourth-order valence-electron chi connectivity index (χ4n) is 7.02. The van der Waals surface area contributed by atoms with Gasteiger partial charge in [0.25, 0.3) is 5.91 Å². The predicted octanol–water partition coefficient (Wildman–Crippen LogP) is 5.45. The zero-order valence-corrected chi connectivity index (χ0v) is 34.3. The van der Waals surface area contributed by atoms with Crippen LogP contribution >= 0.6 is 11.3 Å². The maximum absolute atomic E-state index is 14.4. The standard InChI is InChI=1S/C40H62N6O7S/c1-10-18-46(38(50)34(25(4)5)44-36(49)31-13-11-12-19-45(31)9)32(24(2)3)21-33(53-26(6)47)37-43-30(23-54-37)35(48)42-29(22-40(7,8)39(51)52)20-27-14-16-28(41)17-15-27/h14-17,23-25,29,31-34H,10-13,18-22,41H2,1-9H3,(H,42,48)(H,44,49)(H,51,52)/t29-,31+,32+,33+,34-/m0/s1. The van der Waals surface area contributed by atoms with E-state index in [2.05, 4.69) is 15.6 Å². The van der Waals surface area contributed by atoms with Crippen LogP contribution in [0, 0.1) is 17.3 Å². The number of likely N-dealkylation sites (tertiary alicyclic amines) is 1. The molecule has 5 N–H and O–H groups in total. The van der Waals surface area contributed by atoms with Gasteiger partial charge in [-0.15, -0.1) is 11.3 Å². The number of aromatic nitrogens is 1. The molecule has 1 aromatic heterocycles. The molecule has 1 saturated heterocycles. The Hall–Kier alpha value is -4.04. The number of nitrogen functional groups attached to an aromatic ring is 1. The third-order valence-electron chi connectivity index (χ3n) is 10.1. The average molecular weight is 771 g/mol. The Morgan fingerprint density at radius 3 is 2.30 bits per heavy atom. The summed E-state index contributed by atoms with van der Waals surface area (Å²) in [5.74, 6) is -2.54. The Labute approximate surface area is 324 Å². The van der Waals surface area contributed by atoms with Gasteiger partial charge in [0.1, 0.15) is 16.7 Å². The minimum atomic E-state index is -1.11. The molecule has 3 rings (SSSR count).